The summed E-state index contributed by atoms with van der Waals surface area (Å²) in [6.45, 7) is 3.70. The lowest BCUT2D eigenvalue weighted by Crippen LogP contribution is -2.16. The third-order valence-electron chi connectivity index (χ3n) is 1.01. The lowest BCUT2D eigenvalue weighted by atomic mass is 10.3. The predicted octanol–water partition coefficient (Wildman–Crippen LogP) is 1.33. The molecule has 0 aromatic rings. The van der Waals surface area contributed by atoms with E-state index in [1.807, 2.05) is 0 Å². The van der Waals surface area contributed by atoms with Crippen LogP contribution in [0, 0.1) is 12.3 Å². The number of hydrogen-bond acceptors (Lipinski definition) is 2. The molecule has 0 heterocycles. The van der Waals surface area contributed by atoms with E-state index in [4.69, 9.17) is 11.3 Å². The highest BCUT2D eigenvalue weighted by Gasteiger charge is 1.84. The second-order valence-electron chi connectivity index (χ2n) is 2.05. The summed E-state index contributed by atoms with van der Waals surface area (Å²) < 4.78 is 0. The molecular weight excluding hydrogens is 126 g/mol. The zero-order valence-electron chi connectivity index (χ0n) is 6.52. The largest absolute Gasteiger partial charge is 0.302 e. The fourth-order valence-electron chi connectivity index (χ4n) is 0.509. The minimum Gasteiger partial charge on any atom is -0.302 e. The molecule has 0 aromatic heterocycles. The number of rotatable bonds is 6. The molecule has 0 radical (unpaired) electrons. The van der Waals surface area contributed by atoms with Gasteiger partial charge in [-0.05, 0) is 12.8 Å². The second kappa shape index (κ2) is 8.48. The summed E-state index contributed by atoms with van der Waals surface area (Å²) in [6, 6.07) is 0. The van der Waals surface area contributed by atoms with E-state index in [-0.39, 0.29) is 0 Å². The second-order valence-corrected chi connectivity index (χ2v) is 2.05. The van der Waals surface area contributed by atoms with E-state index in [1.165, 1.54) is 0 Å². The van der Waals surface area contributed by atoms with Crippen LogP contribution in [0.15, 0.2) is 0 Å². The van der Waals surface area contributed by atoms with E-state index < -0.39 is 0 Å². The van der Waals surface area contributed by atoms with Gasteiger partial charge in [-0.2, -0.15) is 0 Å². The molecule has 0 spiro atoms. The van der Waals surface area contributed by atoms with Gasteiger partial charge in [0.2, 0.25) is 0 Å². The van der Waals surface area contributed by atoms with Crippen LogP contribution in [0.1, 0.15) is 26.2 Å². The summed E-state index contributed by atoms with van der Waals surface area (Å²) in [5, 5.41) is 0. The Bertz CT molecular complexity index is 95.9. The molecule has 0 saturated carbocycles. The Labute approximate surface area is 62.9 Å². The Morgan fingerprint density at radius 1 is 1.60 bits per heavy atom. The molecule has 1 N–H and O–H groups in total. The molecule has 58 valence electrons. The Kier molecular flexibility index (Phi) is 8.04. The molecule has 0 aromatic carbocycles. The molecule has 0 rings (SSSR count). The topological polar surface area (TPSA) is 21.3 Å². The summed E-state index contributed by atoms with van der Waals surface area (Å²) in [5.74, 6) is 2.56. The van der Waals surface area contributed by atoms with E-state index in [0.29, 0.717) is 0 Å². The highest BCUT2D eigenvalue weighted by Crippen LogP contribution is 1.83. The molecule has 0 atom stereocenters. The lowest BCUT2D eigenvalue weighted by molar-refractivity contribution is 0.0414. The van der Waals surface area contributed by atoms with Crippen LogP contribution < -0.4 is 5.48 Å². The molecule has 10 heavy (non-hydrogen) atoms. The van der Waals surface area contributed by atoms with E-state index in [2.05, 4.69) is 18.3 Å². The smallest absolute Gasteiger partial charge is 0.0679 e. The van der Waals surface area contributed by atoms with Crippen molar-refractivity contribution in [3.8, 4) is 12.3 Å². The van der Waals surface area contributed by atoms with Crippen LogP contribution in [0.25, 0.3) is 0 Å². The molecule has 0 aliphatic rings. The van der Waals surface area contributed by atoms with Crippen molar-refractivity contribution in [2.24, 2.45) is 0 Å². The fraction of sp³-hybridized carbons (Fsp3) is 0.750. The summed E-state index contributed by atoms with van der Waals surface area (Å²) >= 11 is 0. The molecule has 0 unspecified atom stereocenters. The van der Waals surface area contributed by atoms with Crippen LogP contribution in [0.2, 0.25) is 0 Å². The zero-order chi connectivity index (χ0) is 7.66. The molecular formula is C8H15NO. The summed E-state index contributed by atoms with van der Waals surface area (Å²) in [6.07, 6.45) is 7.90. The van der Waals surface area contributed by atoms with E-state index >= 15 is 0 Å². The highest BCUT2D eigenvalue weighted by atomic mass is 16.6. The molecule has 0 saturated heterocycles. The Hall–Kier alpha value is -0.520. The molecule has 0 amide bonds. The zero-order valence-corrected chi connectivity index (χ0v) is 6.52. The van der Waals surface area contributed by atoms with Crippen LogP contribution >= 0.6 is 0 Å². The average Bonchev–Trinajstić information content (AvgIpc) is 1.97. The first-order valence-electron chi connectivity index (χ1n) is 3.70. The van der Waals surface area contributed by atoms with Crippen molar-refractivity contribution in [1.29, 1.82) is 0 Å². The average molecular weight is 141 g/mol. The van der Waals surface area contributed by atoms with Gasteiger partial charge in [-0.3, -0.25) is 0 Å². The molecule has 2 nitrogen and oxygen atoms in total. The predicted molar refractivity (Wildman–Crippen MR) is 42.3 cm³/mol. The maximum absolute atomic E-state index is 5.05. The summed E-state index contributed by atoms with van der Waals surface area (Å²) in [7, 11) is 0. The van der Waals surface area contributed by atoms with Crippen molar-refractivity contribution in [3.05, 3.63) is 0 Å². The van der Waals surface area contributed by atoms with Crippen LogP contribution in [0.5, 0.6) is 0 Å². The van der Waals surface area contributed by atoms with Gasteiger partial charge in [-0.1, -0.05) is 6.92 Å². The van der Waals surface area contributed by atoms with Crippen LogP contribution in [0.3, 0.4) is 0 Å². The monoisotopic (exact) mass is 141 g/mol. The van der Waals surface area contributed by atoms with Gasteiger partial charge in [0.15, 0.2) is 0 Å². The number of nitrogens with one attached hydrogen (secondary N) is 1. The molecule has 0 bridgehead atoms. The van der Waals surface area contributed by atoms with E-state index in [0.717, 1.165) is 32.4 Å². The first-order chi connectivity index (χ1) is 4.91. The molecule has 0 aliphatic heterocycles. The van der Waals surface area contributed by atoms with Gasteiger partial charge in [0.25, 0.3) is 0 Å². The van der Waals surface area contributed by atoms with E-state index in [1.54, 1.807) is 0 Å². The molecule has 0 aliphatic carbocycles. The number of hydrogen-bond donors (Lipinski definition) is 1. The van der Waals surface area contributed by atoms with Gasteiger partial charge in [0.1, 0.15) is 0 Å². The fourth-order valence-corrected chi connectivity index (χ4v) is 0.509. The highest BCUT2D eigenvalue weighted by molar-refractivity contribution is 4.82. The third kappa shape index (κ3) is 7.48. The maximum atomic E-state index is 5.05. The van der Waals surface area contributed by atoms with Crippen molar-refractivity contribution in [1.82, 2.24) is 5.48 Å². The minimum absolute atomic E-state index is 0.774. The Morgan fingerprint density at radius 3 is 3.00 bits per heavy atom. The molecule has 0 fully saturated rings. The summed E-state index contributed by atoms with van der Waals surface area (Å²) in [5.41, 5.74) is 2.83. The van der Waals surface area contributed by atoms with Crippen LogP contribution in [-0.4, -0.2) is 13.2 Å². The Balaban J connectivity index is 2.72. The van der Waals surface area contributed by atoms with Gasteiger partial charge in [0, 0.05) is 13.0 Å². The number of unbranched alkanes of at least 4 members (excludes halogenated alkanes) is 1. The van der Waals surface area contributed by atoms with Crippen LogP contribution in [-0.2, 0) is 4.84 Å². The van der Waals surface area contributed by atoms with Gasteiger partial charge >= 0.3 is 0 Å². The van der Waals surface area contributed by atoms with Crippen molar-refractivity contribution >= 4 is 0 Å². The van der Waals surface area contributed by atoms with Crippen LogP contribution in [0.4, 0.5) is 0 Å². The first-order valence-corrected chi connectivity index (χ1v) is 3.70. The van der Waals surface area contributed by atoms with E-state index in [9.17, 15) is 0 Å². The quantitative estimate of drug-likeness (QED) is 0.342. The van der Waals surface area contributed by atoms with Crippen molar-refractivity contribution < 1.29 is 4.84 Å². The van der Waals surface area contributed by atoms with Crippen molar-refractivity contribution in [2.45, 2.75) is 26.2 Å². The third-order valence-corrected chi connectivity index (χ3v) is 1.01. The van der Waals surface area contributed by atoms with Crippen molar-refractivity contribution in [3.63, 3.8) is 0 Å². The van der Waals surface area contributed by atoms with Crippen molar-refractivity contribution in [2.75, 3.05) is 13.2 Å². The summed E-state index contributed by atoms with van der Waals surface area (Å²) in [4.78, 5) is 5.01. The number of hydroxylamine groups is 1. The SMILES string of the molecule is C#CCCCNOCCC. The van der Waals surface area contributed by atoms with Gasteiger partial charge in [-0.15, -0.1) is 12.3 Å². The standard InChI is InChI=1S/C8H15NO/c1-3-5-6-7-9-10-8-4-2/h1,9H,4-8H2,2H3. The molecule has 2 heteroatoms. The lowest BCUT2D eigenvalue weighted by Gasteiger charge is -2.01. The normalized spacial score (nSPS) is 9.20. The minimum atomic E-state index is 0.774. The van der Waals surface area contributed by atoms with Gasteiger partial charge < -0.3 is 4.84 Å². The Morgan fingerprint density at radius 2 is 2.40 bits per heavy atom. The van der Waals surface area contributed by atoms with Gasteiger partial charge in [-0.25, -0.2) is 5.48 Å². The first kappa shape index (κ1) is 9.48. The maximum Gasteiger partial charge on any atom is 0.0679 e. The van der Waals surface area contributed by atoms with Gasteiger partial charge in [0.05, 0.1) is 6.61 Å². The number of terminal acetylenes is 1.